The molecule has 1 aromatic rings. The molecular formula is C11H14N2S2. The summed E-state index contributed by atoms with van der Waals surface area (Å²) in [5.41, 5.74) is 0.765. The average Bonchev–Trinajstić information content (AvgIpc) is 2.89. The van der Waals surface area contributed by atoms with Crippen LogP contribution in [0.1, 0.15) is 42.2 Å². The van der Waals surface area contributed by atoms with Gasteiger partial charge in [0.1, 0.15) is 6.07 Å². The van der Waals surface area contributed by atoms with Crippen molar-refractivity contribution in [3.63, 3.8) is 0 Å². The Balaban J connectivity index is 2.15. The molecule has 1 N–H and O–H groups in total. The van der Waals surface area contributed by atoms with Gasteiger partial charge < -0.3 is 0 Å². The summed E-state index contributed by atoms with van der Waals surface area (Å²) in [5.74, 6) is 0.688. The first-order valence-corrected chi connectivity index (χ1v) is 6.56. The predicted octanol–water partition coefficient (Wildman–Crippen LogP) is 3.29. The molecule has 1 unspecified atom stereocenters. The van der Waals surface area contributed by atoms with Crippen LogP contribution in [0.5, 0.6) is 0 Å². The Morgan fingerprint density at radius 1 is 1.53 bits per heavy atom. The lowest BCUT2D eigenvalue weighted by Crippen LogP contribution is -2.18. The van der Waals surface area contributed by atoms with Crippen LogP contribution in [0, 0.1) is 17.2 Å². The maximum Gasteiger partial charge on any atom is 0.100 e. The summed E-state index contributed by atoms with van der Waals surface area (Å²) < 4.78 is 3.09. The van der Waals surface area contributed by atoms with Gasteiger partial charge in [0.2, 0.25) is 0 Å². The molecule has 0 saturated heterocycles. The summed E-state index contributed by atoms with van der Waals surface area (Å²) in [6.45, 7) is 0. The van der Waals surface area contributed by atoms with Gasteiger partial charge in [-0.05, 0) is 24.8 Å². The van der Waals surface area contributed by atoms with E-state index in [1.165, 1.54) is 30.6 Å². The van der Waals surface area contributed by atoms with E-state index in [-0.39, 0.29) is 0 Å². The van der Waals surface area contributed by atoms with Crippen LogP contribution in [0.3, 0.4) is 0 Å². The van der Waals surface area contributed by atoms with E-state index in [0.29, 0.717) is 12.0 Å². The number of nitrogens with zero attached hydrogens (tertiary/aromatic N) is 1. The minimum Gasteiger partial charge on any atom is -0.258 e. The van der Waals surface area contributed by atoms with Crippen LogP contribution in [0.15, 0.2) is 11.4 Å². The second-order valence-electron chi connectivity index (χ2n) is 4.00. The van der Waals surface area contributed by atoms with Gasteiger partial charge in [0.15, 0.2) is 0 Å². The lowest BCUT2D eigenvalue weighted by Gasteiger charge is -2.20. The molecule has 2 nitrogen and oxygen atoms in total. The van der Waals surface area contributed by atoms with Gasteiger partial charge in [-0.2, -0.15) is 5.26 Å². The van der Waals surface area contributed by atoms with Crippen molar-refractivity contribution in [1.82, 2.24) is 4.72 Å². The molecule has 1 fully saturated rings. The van der Waals surface area contributed by atoms with Gasteiger partial charge in [0.05, 0.1) is 11.6 Å². The van der Waals surface area contributed by atoms with Crippen molar-refractivity contribution in [2.24, 2.45) is 5.92 Å². The molecule has 0 radical (unpaired) electrons. The van der Waals surface area contributed by atoms with Crippen LogP contribution in [0.4, 0.5) is 0 Å². The minimum atomic E-state index is 0.322. The zero-order valence-corrected chi connectivity index (χ0v) is 10.2. The van der Waals surface area contributed by atoms with Crippen LogP contribution < -0.4 is 4.72 Å². The average molecular weight is 238 g/mol. The Bertz CT molecular complexity index is 361. The Morgan fingerprint density at radius 2 is 2.27 bits per heavy atom. The molecule has 1 heterocycles. The third-order valence-corrected chi connectivity index (χ3v) is 4.36. The zero-order valence-electron chi connectivity index (χ0n) is 8.44. The van der Waals surface area contributed by atoms with Crippen LogP contribution in [0.25, 0.3) is 0 Å². The Kier molecular flexibility index (Phi) is 3.68. The van der Waals surface area contributed by atoms with E-state index >= 15 is 0 Å². The highest BCUT2D eigenvalue weighted by Crippen LogP contribution is 2.38. The monoisotopic (exact) mass is 238 g/mol. The SMILES string of the molecule is N#Cc1csc(C(NS)C2CCCC2)c1. The van der Waals surface area contributed by atoms with Gasteiger partial charge in [-0.15, -0.1) is 11.3 Å². The fourth-order valence-corrected chi connectivity index (χ4v) is 3.68. The van der Waals surface area contributed by atoms with E-state index < -0.39 is 0 Å². The van der Waals surface area contributed by atoms with Crippen molar-refractivity contribution in [3.05, 3.63) is 21.9 Å². The van der Waals surface area contributed by atoms with E-state index in [9.17, 15) is 0 Å². The fraction of sp³-hybridized carbons (Fsp3) is 0.545. The molecule has 1 atom stereocenters. The quantitative estimate of drug-likeness (QED) is 0.793. The van der Waals surface area contributed by atoms with Gasteiger partial charge in [0, 0.05) is 10.3 Å². The molecule has 1 aromatic heterocycles. The largest absolute Gasteiger partial charge is 0.258 e. The summed E-state index contributed by atoms with van der Waals surface area (Å²) in [7, 11) is 0. The van der Waals surface area contributed by atoms with Gasteiger partial charge >= 0.3 is 0 Å². The highest BCUT2D eigenvalue weighted by atomic mass is 32.1. The number of nitrogens with one attached hydrogen (secondary N) is 1. The third-order valence-electron chi connectivity index (χ3n) is 3.07. The molecule has 15 heavy (non-hydrogen) atoms. The number of rotatable bonds is 3. The molecule has 2 rings (SSSR count). The molecule has 1 aliphatic rings. The Hall–Kier alpha value is -0.500. The summed E-state index contributed by atoms with van der Waals surface area (Å²) in [6, 6.07) is 4.48. The summed E-state index contributed by atoms with van der Waals surface area (Å²) in [4.78, 5) is 1.24. The van der Waals surface area contributed by atoms with E-state index in [2.05, 4.69) is 23.6 Å². The minimum absolute atomic E-state index is 0.322. The fourth-order valence-electron chi connectivity index (χ4n) is 2.27. The van der Waals surface area contributed by atoms with Gasteiger partial charge in [-0.1, -0.05) is 25.7 Å². The maximum absolute atomic E-state index is 8.79. The van der Waals surface area contributed by atoms with Crippen molar-refractivity contribution in [1.29, 1.82) is 5.26 Å². The lowest BCUT2D eigenvalue weighted by molar-refractivity contribution is 0.430. The molecule has 0 aromatic carbocycles. The van der Waals surface area contributed by atoms with Crippen LogP contribution >= 0.6 is 24.2 Å². The van der Waals surface area contributed by atoms with Gasteiger partial charge in [-0.25, -0.2) is 0 Å². The first kappa shape index (κ1) is 11.0. The van der Waals surface area contributed by atoms with E-state index in [1.54, 1.807) is 11.3 Å². The van der Waals surface area contributed by atoms with Gasteiger partial charge in [0.25, 0.3) is 0 Å². The number of thiol groups is 1. The van der Waals surface area contributed by atoms with Crippen LogP contribution in [-0.2, 0) is 0 Å². The Morgan fingerprint density at radius 3 is 2.80 bits per heavy atom. The molecule has 0 spiro atoms. The number of nitriles is 1. The smallest absolute Gasteiger partial charge is 0.100 e. The maximum atomic E-state index is 8.79. The predicted molar refractivity (Wildman–Crippen MR) is 65.9 cm³/mol. The normalized spacial score (nSPS) is 18.9. The summed E-state index contributed by atoms with van der Waals surface area (Å²) in [6.07, 6.45) is 5.20. The van der Waals surface area contributed by atoms with E-state index in [0.717, 1.165) is 5.56 Å². The van der Waals surface area contributed by atoms with Crippen LogP contribution in [0.2, 0.25) is 0 Å². The topological polar surface area (TPSA) is 35.8 Å². The molecule has 4 heteroatoms. The highest BCUT2D eigenvalue weighted by molar-refractivity contribution is 7.78. The molecule has 0 amide bonds. The highest BCUT2D eigenvalue weighted by Gasteiger charge is 2.26. The second-order valence-corrected chi connectivity index (χ2v) is 5.20. The van der Waals surface area contributed by atoms with Crippen molar-refractivity contribution in [2.45, 2.75) is 31.7 Å². The Labute approximate surface area is 99.9 Å². The van der Waals surface area contributed by atoms with Crippen molar-refractivity contribution >= 4 is 24.2 Å². The molecule has 80 valence electrons. The van der Waals surface area contributed by atoms with E-state index in [4.69, 9.17) is 5.26 Å². The molecular weight excluding hydrogens is 224 g/mol. The molecule has 0 bridgehead atoms. The number of thiophene rings is 1. The number of hydrogen-bond donors (Lipinski definition) is 2. The number of hydrogen-bond acceptors (Lipinski definition) is 4. The molecule has 1 aliphatic carbocycles. The van der Waals surface area contributed by atoms with Gasteiger partial charge in [-0.3, -0.25) is 4.72 Å². The zero-order chi connectivity index (χ0) is 10.7. The van der Waals surface area contributed by atoms with E-state index in [1.807, 2.05) is 11.4 Å². The second kappa shape index (κ2) is 5.02. The van der Waals surface area contributed by atoms with Crippen molar-refractivity contribution < 1.29 is 0 Å². The lowest BCUT2D eigenvalue weighted by atomic mass is 9.97. The standard InChI is InChI=1S/C11H14N2S2/c12-6-8-5-10(15-7-8)11(13-14)9-3-1-2-4-9/h5,7,9,11,13-14H,1-4H2. The summed E-state index contributed by atoms with van der Waals surface area (Å²) >= 11 is 5.87. The van der Waals surface area contributed by atoms with Crippen LogP contribution in [-0.4, -0.2) is 0 Å². The first-order chi connectivity index (χ1) is 7.35. The summed E-state index contributed by atoms with van der Waals surface area (Å²) in [5, 5.41) is 10.7. The van der Waals surface area contributed by atoms with Crippen molar-refractivity contribution in [3.8, 4) is 6.07 Å². The molecule has 0 aliphatic heterocycles. The molecule has 1 saturated carbocycles. The first-order valence-electron chi connectivity index (χ1n) is 5.23. The van der Waals surface area contributed by atoms with Crippen molar-refractivity contribution in [2.75, 3.05) is 0 Å². The third kappa shape index (κ3) is 2.36.